The largest absolute Gasteiger partial charge is 0.490 e. The first-order chi connectivity index (χ1) is 11.6. The zero-order valence-electron chi connectivity index (χ0n) is 13.5. The van der Waals surface area contributed by atoms with E-state index in [4.69, 9.17) is 15.2 Å². The van der Waals surface area contributed by atoms with Crippen LogP contribution in [-0.2, 0) is 17.9 Å². The molecule has 0 spiro atoms. The van der Waals surface area contributed by atoms with Gasteiger partial charge in [0, 0.05) is 23.5 Å². The van der Waals surface area contributed by atoms with Crippen molar-refractivity contribution < 1.29 is 19.6 Å². The second-order valence-electron chi connectivity index (χ2n) is 5.15. The molecule has 7 heteroatoms. The fraction of sp³-hybridized carbons (Fsp3) is 0.294. The first kappa shape index (κ1) is 18.2. The highest BCUT2D eigenvalue weighted by Crippen LogP contribution is 2.36. The molecule has 0 bridgehead atoms. The molecule has 4 N–H and O–H groups in total. The van der Waals surface area contributed by atoms with Crippen LogP contribution in [0.5, 0.6) is 11.5 Å². The predicted molar refractivity (Wildman–Crippen MR) is 93.6 cm³/mol. The highest BCUT2D eigenvalue weighted by molar-refractivity contribution is 9.10. The van der Waals surface area contributed by atoms with Gasteiger partial charge >= 0.3 is 0 Å². The van der Waals surface area contributed by atoms with E-state index in [0.29, 0.717) is 18.1 Å². The molecule has 0 atom stereocenters. The van der Waals surface area contributed by atoms with Crippen LogP contribution in [-0.4, -0.2) is 24.1 Å². The van der Waals surface area contributed by atoms with Crippen LogP contribution in [0.3, 0.4) is 0 Å². The molecule has 0 radical (unpaired) electrons. The van der Waals surface area contributed by atoms with Crippen molar-refractivity contribution in [3.8, 4) is 11.5 Å². The maximum atomic E-state index is 10.9. The topological polar surface area (TPSA) is 91.1 Å². The number of nitrogens with zero attached hydrogens (tertiary/aromatic N) is 1. The number of halogens is 1. The molecule has 0 aliphatic heterocycles. The molecule has 2 rings (SSSR count). The first-order valence-corrected chi connectivity index (χ1v) is 8.46. The van der Waals surface area contributed by atoms with Crippen LogP contribution < -0.4 is 20.5 Å². The molecule has 0 saturated heterocycles. The molecular formula is C17H21BrN3O3+. The van der Waals surface area contributed by atoms with Crippen molar-refractivity contribution in [2.45, 2.75) is 20.0 Å². The van der Waals surface area contributed by atoms with Gasteiger partial charge in [0.1, 0.15) is 13.1 Å². The third kappa shape index (κ3) is 5.50. The number of primary amides is 1. The number of amides is 1. The zero-order valence-corrected chi connectivity index (χ0v) is 15.1. The molecule has 1 heterocycles. The normalized spacial score (nSPS) is 10.4. The third-order valence-electron chi connectivity index (χ3n) is 3.21. The number of hydrogen-bond acceptors (Lipinski definition) is 4. The molecule has 0 aliphatic carbocycles. The molecule has 24 heavy (non-hydrogen) atoms. The Morgan fingerprint density at radius 1 is 1.29 bits per heavy atom. The molecule has 2 aromatic rings. The van der Waals surface area contributed by atoms with Gasteiger partial charge < -0.3 is 20.5 Å². The van der Waals surface area contributed by atoms with Crippen molar-refractivity contribution in [2.75, 3.05) is 13.2 Å². The van der Waals surface area contributed by atoms with E-state index < -0.39 is 5.91 Å². The summed E-state index contributed by atoms with van der Waals surface area (Å²) in [6.45, 7) is 3.83. The Labute approximate surface area is 149 Å². The molecular weight excluding hydrogens is 374 g/mol. The lowest BCUT2D eigenvalue weighted by Crippen LogP contribution is -2.80. The SMILES string of the molecule is CCOc1cc(C[NH2+]Cc2cccnc2)cc(Br)c1OCC(N)=O. The van der Waals surface area contributed by atoms with Crippen molar-refractivity contribution in [1.82, 2.24) is 4.98 Å². The van der Waals surface area contributed by atoms with Gasteiger partial charge in [-0.25, -0.2) is 0 Å². The minimum absolute atomic E-state index is 0.189. The van der Waals surface area contributed by atoms with E-state index in [-0.39, 0.29) is 6.61 Å². The van der Waals surface area contributed by atoms with Gasteiger partial charge in [-0.2, -0.15) is 0 Å². The Bertz CT molecular complexity index is 680. The number of ether oxygens (including phenoxy) is 2. The molecule has 128 valence electrons. The Balaban J connectivity index is 2.05. The van der Waals surface area contributed by atoms with Crippen LogP contribution in [0.2, 0.25) is 0 Å². The molecule has 0 saturated carbocycles. The molecule has 1 amide bonds. The summed E-state index contributed by atoms with van der Waals surface area (Å²) in [6, 6.07) is 7.85. The Morgan fingerprint density at radius 2 is 2.08 bits per heavy atom. The number of quaternary nitrogens is 1. The Hall–Kier alpha value is -2.12. The number of aromatic nitrogens is 1. The summed E-state index contributed by atoms with van der Waals surface area (Å²) in [5.74, 6) is 0.558. The number of pyridine rings is 1. The molecule has 6 nitrogen and oxygen atoms in total. The summed E-state index contributed by atoms with van der Waals surface area (Å²) in [5.41, 5.74) is 7.39. The predicted octanol–water partition coefficient (Wildman–Crippen LogP) is 1.37. The minimum atomic E-state index is -0.529. The lowest BCUT2D eigenvalue weighted by molar-refractivity contribution is -0.686. The maximum Gasteiger partial charge on any atom is 0.255 e. The lowest BCUT2D eigenvalue weighted by atomic mass is 10.2. The van der Waals surface area contributed by atoms with E-state index in [1.807, 2.05) is 37.4 Å². The summed E-state index contributed by atoms with van der Waals surface area (Å²) in [7, 11) is 0. The number of rotatable bonds is 9. The molecule has 0 fully saturated rings. The second kappa shape index (κ2) is 9.24. The maximum absolute atomic E-state index is 10.9. The van der Waals surface area contributed by atoms with Crippen molar-refractivity contribution in [3.05, 3.63) is 52.3 Å². The second-order valence-corrected chi connectivity index (χ2v) is 6.01. The quantitative estimate of drug-likeness (QED) is 0.671. The standard InChI is InChI=1S/C17H20BrN3O3/c1-2-23-15-7-13(6-14(18)17(15)24-11-16(19)22)10-21-9-12-4-3-5-20-8-12/h3-8,21H,2,9-11H2,1H3,(H2,19,22)/p+1. The number of carbonyl (C=O) groups excluding carboxylic acids is 1. The zero-order chi connectivity index (χ0) is 17.4. The summed E-state index contributed by atoms with van der Waals surface area (Å²) in [5, 5.41) is 2.18. The van der Waals surface area contributed by atoms with Gasteiger partial charge in [-0.05, 0) is 41.1 Å². The minimum Gasteiger partial charge on any atom is -0.490 e. The third-order valence-corrected chi connectivity index (χ3v) is 3.80. The Morgan fingerprint density at radius 3 is 2.75 bits per heavy atom. The average molecular weight is 395 g/mol. The van der Waals surface area contributed by atoms with Gasteiger partial charge in [0.15, 0.2) is 18.1 Å². The molecule has 0 aliphatic rings. The summed E-state index contributed by atoms with van der Waals surface area (Å²) in [6.07, 6.45) is 3.62. The van der Waals surface area contributed by atoms with Crippen LogP contribution in [0.15, 0.2) is 41.1 Å². The van der Waals surface area contributed by atoms with Gasteiger partial charge in [0.2, 0.25) is 0 Å². The summed E-state index contributed by atoms with van der Waals surface area (Å²) in [4.78, 5) is 15.0. The molecule has 1 aromatic carbocycles. The highest BCUT2D eigenvalue weighted by atomic mass is 79.9. The Kier molecular flexibility index (Phi) is 7.02. The van der Waals surface area contributed by atoms with Crippen LogP contribution in [0.1, 0.15) is 18.1 Å². The monoisotopic (exact) mass is 394 g/mol. The van der Waals surface area contributed by atoms with E-state index in [0.717, 1.165) is 23.1 Å². The number of benzene rings is 1. The van der Waals surface area contributed by atoms with Crippen LogP contribution in [0, 0.1) is 0 Å². The van der Waals surface area contributed by atoms with E-state index in [1.165, 1.54) is 5.56 Å². The first-order valence-electron chi connectivity index (χ1n) is 7.67. The van der Waals surface area contributed by atoms with E-state index in [2.05, 4.69) is 26.2 Å². The molecule has 1 aromatic heterocycles. The van der Waals surface area contributed by atoms with E-state index in [9.17, 15) is 4.79 Å². The van der Waals surface area contributed by atoms with Crippen molar-refractivity contribution in [1.29, 1.82) is 0 Å². The fourth-order valence-corrected chi connectivity index (χ4v) is 2.81. The van der Waals surface area contributed by atoms with Gasteiger partial charge in [0.05, 0.1) is 11.1 Å². The van der Waals surface area contributed by atoms with Crippen LogP contribution in [0.4, 0.5) is 0 Å². The van der Waals surface area contributed by atoms with Gasteiger partial charge in [-0.1, -0.05) is 6.07 Å². The smallest absolute Gasteiger partial charge is 0.255 e. The molecule has 0 unspecified atom stereocenters. The van der Waals surface area contributed by atoms with Crippen LogP contribution in [0.25, 0.3) is 0 Å². The number of hydrogen-bond donors (Lipinski definition) is 2. The van der Waals surface area contributed by atoms with Crippen molar-refractivity contribution in [2.24, 2.45) is 5.73 Å². The summed E-state index contributed by atoms with van der Waals surface area (Å²) >= 11 is 3.47. The number of carbonyl (C=O) groups is 1. The van der Waals surface area contributed by atoms with E-state index in [1.54, 1.807) is 6.20 Å². The number of nitrogens with two attached hydrogens (primary N) is 2. The van der Waals surface area contributed by atoms with Gasteiger partial charge in [0.25, 0.3) is 5.91 Å². The van der Waals surface area contributed by atoms with Crippen molar-refractivity contribution >= 4 is 21.8 Å². The highest BCUT2D eigenvalue weighted by Gasteiger charge is 2.14. The summed E-state index contributed by atoms with van der Waals surface area (Å²) < 4.78 is 11.8. The van der Waals surface area contributed by atoms with Crippen molar-refractivity contribution in [3.63, 3.8) is 0 Å². The van der Waals surface area contributed by atoms with Gasteiger partial charge in [-0.15, -0.1) is 0 Å². The van der Waals surface area contributed by atoms with Crippen LogP contribution >= 0.6 is 15.9 Å². The fourth-order valence-electron chi connectivity index (χ4n) is 2.21. The average Bonchev–Trinajstić information content (AvgIpc) is 2.55. The van der Waals surface area contributed by atoms with E-state index >= 15 is 0 Å². The van der Waals surface area contributed by atoms with Gasteiger partial charge in [-0.3, -0.25) is 9.78 Å². The lowest BCUT2D eigenvalue weighted by Gasteiger charge is -2.14.